The van der Waals surface area contributed by atoms with Crippen LogP contribution in [0.5, 0.6) is 5.75 Å². The average molecular weight is 333 g/mol. The van der Waals surface area contributed by atoms with Crippen molar-refractivity contribution in [2.45, 2.75) is 32.7 Å². The van der Waals surface area contributed by atoms with Gasteiger partial charge in [0, 0.05) is 18.7 Å². The zero-order valence-corrected chi connectivity index (χ0v) is 14.2. The van der Waals surface area contributed by atoms with Gasteiger partial charge in [0.05, 0.1) is 0 Å². The highest BCUT2D eigenvalue weighted by atomic mass is 35.5. The molecule has 21 heavy (non-hydrogen) atoms. The molecule has 1 aromatic carbocycles. The number of nitrogens with one attached hydrogen (secondary N) is 1. The van der Waals surface area contributed by atoms with E-state index >= 15 is 0 Å². The highest BCUT2D eigenvalue weighted by molar-refractivity contribution is 5.85. The summed E-state index contributed by atoms with van der Waals surface area (Å²) in [6.07, 6.45) is 3.94. The summed E-state index contributed by atoms with van der Waals surface area (Å²) in [4.78, 5) is 2.51. The van der Waals surface area contributed by atoms with Gasteiger partial charge in [-0.1, -0.05) is 12.1 Å². The molecular weight excluding hydrogens is 307 g/mol. The first-order chi connectivity index (χ1) is 9.17. The monoisotopic (exact) mass is 332 g/mol. The second-order valence-corrected chi connectivity index (χ2v) is 6.34. The number of aryl methyl sites for hydroxylation is 1. The van der Waals surface area contributed by atoms with E-state index in [1.165, 1.54) is 45.4 Å². The van der Waals surface area contributed by atoms with Gasteiger partial charge < -0.3 is 10.4 Å². The summed E-state index contributed by atoms with van der Waals surface area (Å²) in [6.45, 7) is 7.62. The van der Waals surface area contributed by atoms with Crippen LogP contribution in [-0.2, 0) is 6.54 Å². The van der Waals surface area contributed by atoms with Gasteiger partial charge in [-0.2, -0.15) is 0 Å². The molecule has 3 nitrogen and oxygen atoms in total. The maximum Gasteiger partial charge on any atom is 0.120 e. The topological polar surface area (TPSA) is 35.5 Å². The van der Waals surface area contributed by atoms with Crippen molar-refractivity contribution >= 4 is 24.8 Å². The van der Waals surface area contributed by atoms with Crippen LogP contribution in [-0.4, -0.2) is 36.2 Å². The number of likely N-dealkylation sites (tertiary alicyclic amines) is 1. The molecule has 0 saturated carbocycles. The number of halogens is 2. The number of hydrogen-bond donors (Lipinski definition) is 2. The Hall–Kier alpha value is -0.480. The van der Waals surface area contributed by atoms with Gasteiger partial charge in [0.15, 0.2) is 0 Å². The van der Waals surface area contributed by atoms with Crippen LogP contribution in [0.3, 0.4) is 0 Å². The Balaban J connectivity index is 0.00000110. The van der Waals surface area contributed by atoms with Crippen LogP contribution in [0.15, 0.2) is 18.2 Å². The predicted molar refractivity (Wildman–Crippen MR) is 91.8 cm³/mol. The summed E-state index contributed by atoms with van der Waals surface area (Å²) in [5.74, 6) is 0.450. The number of phenols is 1. The molecule has 2 N–H and O–H groups in total. The quantitative estimate of drug-likeness (QED) is 0.873. The van der Waals surface area contributed by atoms with Crippen molar-refractivity contribution < 1.29 is 5.11 Å². The molecular formula is C16H26Cl2N2O. The van der Waals surface area contributed by atoms with E-state index in [-0.39, 0.29) is 24.8 Å². The third kappa shape index (κ3) is 4.26. The van der Waals surface area contributed by atoms with Crippen molar-refractivity contribution in [3.63, 3.8) is 0 Å². The van der Waals surface area contributed by atoms with E-state index in [0.29, 0.717) is 11.2 Å². The summed E-state index contributed by atoms with van der Waals surface area (Å²) < 4.78 is 0. The molecule has 0 radical (unpaired) electrons. The van der Waals surface area contributed by atoms with Gasteiger partial charge in [0.25, 0.3) is 0 Å². The lowest BCUT2D eigenvalue weighted by molar-refractivity contribution is 0.193. The maximum absolute atomic E-state index is 10.0. The SMILES string of the molecule is Cc1ccc(CN2CCC3(CCNCC3)C2)c(O)c1.Cl.Cl. The fraction of sp³-hybridized carbons (Fsp3) is 0.625. The fourth-order valence-corrected chi connectivity index (χ4v) is 3.58. The van der Waals surface area contributed by atoms with E-state index < -0.39 is 0 Å². The van der Waals surface area contributed by atoms with Crippen molar-refractivity contribution in [2.75, 3.05) is 26.2 Å². The molecule has 2 fully saturated rings. The molecule has 0 aliphatic carbocycles. The second-order valence-electron chi connectivity index (χ2n) is 6.34. The first kappa shape index (κ1) is 18.6. The minimum absolute atomic E-state index is 0. The summed E-state index contributed by atoms with van der Waals surface area (Å²) in [7, 11) is 0. The zero-order chi connectivity index (χ0) is 13.3. The Kier molecular flexibility index (Phi) is 6.79. The van der Waals surface area contributed by atoms with Crippen molar-refractivity contribution in [3.05, 3.63) is 29.3 Å². The minimum atomic E-state index is 0. The summed E-state index contributed by atoms with van der Waals surface area (Å²) in [5, 5.41) is 13.5. The Labute approximate surface area is 139 Å². The number of benzene rings is 1. The van der Waals surface area contributed by atoms with Gasteiger partial charge in [0.2, 0.25) is 0 Å². The summed E-state index contributed by atoms with van der Waals surface area (Å²) >= 11 is 0. The smallest absolute Gasteiger partial charge is 0.120 e. The number of phenolic OH excluding ortho intramolecular Hbond substituents is 1. The van der Waals surface area contributed by atoms with Crippen LogP contribution in [0.1, 0.15) is 30.4 Å². The van der Waals surface area contributed by atoms with E-state index in [2.05, 4.69) is 22.3 Å². The van der Waals surface area contributed by atoms with Crippen LogP contribution < -0.4 is 5.32 Å². The lowest BCUT2D eigenvalue weighted by Crippen LogP contribution is -2.38. The van der Waals surface area contributed by atoms with Crippen LogP contribution in [0.2, 0.25) is 0 Å². The minimum Gasteiger partial charge on any atom is -0.508 e. The Morgan fingerprint density at radius 1 is 1.19 bits per heavy atom. The Morgan fingerprint density at radius 3 is 2.57 bits per heavy atom. The fourth-order valence-electron chi connectivity index (χ4n) is 3.58. The molecule has 2 aliphatic rings. The Morgan fingerprint density at radius 2 is 1.90 bits per heavy atom. The molecule has 1 spiro atoms. The summed E-state index contributed by atoms with van der Waals surface area (Å²) in [5.41, 5.74) is 2.74. The standard InChI is InChI=1S/C16H24N2O.2ClH/c1-13-2-3-14(15(19)10-13)11-18-9-6-16(12-18)4-7-17-8-5-16;;/h2-3,10,17,19H,4-9,11-12H2,1H3;2*1H. The molecule has 3 rings (SSSR count). The number of piperidine rings is 1. The van der Waals surface area contributed by atoms with Crippen LogP contribution in [0, 0.1) is 12.3 Å². The van der Waals surface area contributed by atoms with Gasteiger partial charge in [-0.3, -0.25) is 4.90 Å². The molecule has 2 saturated heterocycles. The highest BCUT2D eigenvalue weighted by Gasteiger charge is 2.38. The Bertz CT molecular complexity index is 462. The van der Waals surface area contributed by atoms with E-state index in [1.54, 1.807) is 0 Å². The molecule has 5 heteroatoms. The first-order valence-electron chi connectivity index (χ1n) is 7.39. The van der Waals surface area contributed by atoms with Gasteiger partial charge >= 0.3 is 0 Å². The van der Waals surface area contributed by atoms with Crippen molar-refractivity contribution in [3.8, 4) is 5.75 Å². The molecule has 0 unspecified atom stereocenters. The van der Waals surface area contributed by atoms with Gasteiger partial charge in [-0.25, -0.2) is 0 Å². The zero-order valence-electron chi connectivity index (χ0n) is 12.6. The van der Waals surface area contributed by atoms with Gasteiger partial charge in [-0.05, 0) is 62.9 Å². The van der Waals surface area contributed by atoms with E-state index in [0.717, 1.165) is 17.7 Å². The van der Waals surface area contributed by atoms with Gasteiger partial charge in [-0.15, -0.1) is 24.8 Å². The molecule has 0 aromatic heterocycles. The van der Waals surface area contributed by atoms with E-state index in [1.807, 2.05) is 13.0 Å². The normalized spacial score (nSPS) is 20.8. The lowest BCUT2D eigenvalue weighted by Gasteiger charge is -2.34. The van der Waals surface area contributed by atoms with Crippen LogP contribution >= 0.6 is 24.8 Å². The van der Waals surface area contributed by atoms with Crippen molar-refractivity contribution in [1.82, 2.24) is 10.2 Å². The molecule has 1 aromatic rings. The molecule has 2 aliphatic heterocycles. The highest BCUT2D eigenvalue weighted by Crippen LogP contribution is 2.39. The molecule has 0 atom stereocenters. The third-order valence-electron chi connectivity index (χ3n) is 4.82. The number of hydrogen-bond acceptors (Lipinski definition) is 3. The maximum atomic E-state index is 10.0. The largest absolute Gasteiger partial charge is 0.508 e. The van der Waals surface area contributed by atoms with Crippen LogP contribution in [0.25, 0.3) is 0 Å². The van der Waals surface area contributed by atoms with Gasteiger partial charge in [0.1, 0.15) is 5.75 Å². The van der Waals surface area contributed by atoms with E-state index in [9.17, 15) is 5.11 Å². The molecule has 0 bridgehead atoms. The first-order valence-corrected chi connectivity index (χ1v) is 7.39. The molecule has 120 valence electrons. The number of aromatic hydroxyl groups is 1. The molecule has 2 heterocycles. The number of rotatable bonds is 2. The van der Waals surface area contributed by atoms with Crippen molar-refractivity contribution in [2.24, 2.45) is 5.41 Å². The lowest BCUT2D eigenvalue weighted by atomic mass is 9.78. The van der Waals surface area contributed by atoms with Crippen LogP contribution in [0.4, 0.5) is 0 Å². The number of nitrogens with zero attached hydrogens (tertiary/aromatic N) is 1. The second kappa shape index (κ2) is 7.68. The summed E-state index contributed by atoms with van der Waals surface area (Å²) in [6, 6.07) is 6.02. The average Bonchev–Trinajstić information content (AvgIpc) is 2.77. The third-order valence-corrected chi connectivity index (χ3v) is 4.82. The van der Waals surface area contributed by atoms with E-state index in [4.69, 9.17) is 0 Å². The van der Waals surface area contributed by atoms with Crippen molar-refractivity contribution in [1.29, 1.82) is 0 Å². The predicted octanol–water partition coefficient (Wildman–Crippen LogP) is 3.12. The molecule has 0 amide bonds.